The highest BCUT2D eigenvalue weighted by Crippen LogP contribution is 2.20. The molecule has 1 aromatic carbocycles. The van der Waals surface area contributed by atoms with Gasteiger partial charge in [-0.3, -0.25) is 14.9 Å². The maximum Gasteiger partial charge on any atom is 0.293 e. The number of nitrogens with one attached hydrogen (secondary N) is 1. The molecule has 0 saturated heterocycles. The van der Waals surface area contributed by atoms with Crippen molar-refractivity contribution in [3.63, 3.8) is 0 Å². The van der Waals surface area contributed by atoms with Gasteiger partial charge in [0.15, 0.2) is 5.76 Å². The number of carbonyl (C=O) groups excluding carboxylic acids is 2. The van der Waals surface area contributed by atoms with Crippen molar-refractivity contribution in [2.24, 2.45) is 0 Å². The lowest BCUT2D eigenvalue weighted by Gasteiger charge is -2.02. The number of imide groups is 1. The Balaban J connectivity index is 1.82. The third kappa shape index (κ3) is 3.89. The molecule has 0 fully saturated rings. The van der Waals surface area contributed by atoms with Gasteiger partial charge in [0.25, 0.3) is 5.91 Å². The van der Waals surface area contributed by atoms with Gasteiger partial charge in [0.05, 0.1) is 12.0 Å². The largest absolute Gasteiger partial charge is 0.508 e. The highest BCUT2D eigenvalue weighted by atomic mass is 32.2. The second kappa shape index (κ2) is 6.10. The number of aromatic hydroxyl groups is 1. The molecular formula is C13H11NO4S. The predicted octanol–water partition coefficient (Wildman–Crippen LogP) is 2.03. The highest BCUT2D eigenvalue weighted by molar-refractivity contribution is 8.00. The molecule has 1 heterocycles. The Morgan fingerprint density at radius 3 is 2.58 bits per heavy atom. The molecule has 5 nitrogen and oxygen atoms in total. The van der Waals surface area contributed by atoms with Gasteiger partial charge < -0.3 is 9.52 Å². The summed E-state index contributed by atoms with van der Waals surface area (Å²) in [5, 5.41) is 11.3. The van der Waals surface area contributed by atoms with Crippen LogP contribution >= 0.6 is 11.8 Å². The van der Waals surface area contributed by atoms with Crippen LogP contribution in [0.25, 0.3) is 0 Å². The number of benzene rings is 1. The number of thioether (sulfide) groups is 1. The first-order chi connectivity index (χ1) is 9.15. The van der Waals surface area contributed by atoms with Crippen LogP contribution in [0.15, 0.2) is 52.0 Å². The minimum Gasteiger partial charge on any atom is -0.508 e. The molecule has 2 amide bonds. The number of hydrogen-bond acceptors (Lipinski definition) is 5. The fourth-order valence-corrected chi connectivity index (χ4v) is 2.02. The maximum absolute atomic E-state index is 11.5. The lowest BCUT2D eigenvalue weighted by atomic mass is 10.3. The molecule has 0 spiro atoms. The molecule has 0 aliphatic heterocycles. The number of hydrogen-bond donors (Lipinski definition) is 2. The fraction of sp³-hybridized carbons (Fsp3) is 0.0769. The zero-order valence-electron chi connectivity index (χ0n) is 9.83. The first-order valence-electron chi connectivity index (χ1n) is 5.44. The molecule has 2 rings (SSSR count). The predicted molar refractivity (Wildman–Crippen MR) is 70.0 cm³/mol. The Morgan fingerprint density at radius 1 is 1.21 bits per heavy atom. The first kappa shape index (κ1) is 13.2. The average Bonchev–Trinajstić information content (AvgIpc) is 2.92. The van der Waals surface area contributed by atoms with E-state index >= 15 is 0 Å². The standard InChI is InChI=1S/C13H11NO4S/c15-9-3-5-10(6-4-9)19-8-12(16)14-13(17)11-2-1-7-18-11/h1-7,15H,8H2,(H,14,16,17). The van der Waals surface area contributed by atoms with Crippen LogP contribution in [0.1, 0.15) is 10.6 Å². The molecule has 6 heteroatoms. The van der Waals surface area contributed by atoms with E-state index in [0.29, 0.717) is 0 Å². The first-order valence-corrected chi connectivity index (χ1v) is 6.43. The van der Waals surface area contributed by atoms with Gasteiger partial charge in [0, 0.05) is 4.90 Å². The molecule has 19 heavy (non-hydrogen) atoms. The monoisotopic (exact) mass is 277 g/mol. The topological polar surface area (TPSA) is 79.5 Å². The van der Waals surface area contributed by atoms with Crippen molar-refractivity contribution in [3.05, 3.63) is 48.4 Å². The van der Waals surface area contributed by atoms with Gasteiger partial charge in [-0.25, -0.2) is 0 Å². The number of carbonyl (C=O) groups is 2. The summed E-state index contributed by atoms with van der Waals surface area (Å²) in [6.45, 7) is 0. The molecule has 0 aliphatic rings. The molecule has 1 aromatic heterocycles. The third-order valence-electron chi connectivity index (χ3n) is 2.20. The van der Waals surface area contributed by atoms with E-state index in [1.807, 2.05) is 0 Å². The Hall–Kier alpha value is -2.21. The van der Waals surface area contributed by atoms with Gasteiger partial charge in [0.1, 0.15) is 5.75 Å². The van der Waals surface area contributed by atoms with Crippen LogP contribution in [-0.4, -0.2) is 22.7 Å². The molecule has 0 saturated carbocycles. The number of phenolic OH excluding ortho intramolecular Hbond substituents is 1. The molecule has 0 atom stereocenters. The molecule has 0 radical (unpaired) electrons. The lowest BCUT2D eigenvalue weighted by molar-refractivity contribution is -0.117. The molecule has 0 unspecified atom stereocenters. The second-order valence-electron chi connectivity index (χ2n) is 3.64. The smallest absolute Gasteiger partial charge is 0.293 e. The lowest BCUT2D eigenvalue weighted by Crippen LogP contribution is -2.31. The van der Waals surface area contributed by atoms with Crippen LogP contribution < -0.4 is 5.32 Å². The summed E-state index contributed by atoms with van der Waals surface area (Å²) in [6, 6.07) is 9.52. The molecule has 2 N–H and O–H groups in total. The van der Waals surface area contributed by atoms with Crippen molar-refractivity contribution in [3.8, 4) is 5.75 Å². The van der Waals surface area contributed by atoms with Crippen LogP contribution in [-0.2, 0) is 4.79 Å². The van der Waals surface area contributed by atoms with E-state index in [1.54, 1.807) is 18.2 Å². The maximum atomic E-state index is 11.5. The summed E-state index contributed by atoms with van der Waals surface area (Å²) in [4.78, 5) is 23.9. The van der Waals surface area contributed by atoms with Gasteiger partial charge in [0.2, 0.25) is 5.91 Å². The van der Waals surface area contributed by atoms with Gasteiger partial charge in [-0.05, 0) is 36.4 Å². The number of amides is 2. The van der Waals surface area contributed by atoms with Gasteiger partial charge in [-0.2, -0.15) is 0 Å². The number of furan rings is 1. The third-order valence-corrected chi connectivity index (χ3v) is 3.22. The van der Waals surface area contributed by atoms with Crippen LogP contribution in [0.4, 0.5) is 0 Å². The van der Waals surface area contributed by atoms with Crippen molar-refractivity contribution < 1.29 is 19.1 Å². The normalized spacial score (nSPS) is 10.1. The summed E-state index contributed by atoms with van der Waals surface area (Å²) in [5.74, 6) is -0.581. The van der Waals surface area contributed by atoms with E-state index < -0.39 is 11.8 Å². The van der Waals surface area contributed by atoms with E-state index in [4.69, 9.17) is 9.52 Å². The number of rotatable bonds is 4. The van der Waals surface area contributed by atoms with E-state index in [-0.39, 0.29) is 17.3 Å². The summed E-state index contributed by atoms with van der Waals surface area (Å²) >= 11 is 1.27. The Labute approximate surface area is 113 Å². The summed E-state index contributed by atoms with van der Waals surface area (Å²) in [6.07, 6.45) is 1.37. The highest BCUT2D eigenvalue weighted by Gasteiger charge is 2.12. The van der Waals surface area contributed by atoms with Crippen molar-refractivity contribution in [2.45, 2.75) is 4.90 Å². The molecule has 0 aliphatic carbocycles. The Bertz CT molecular complexity index is 563. The van der Waals surface area contributed by atoms with E-state index in [2.05, 4.69) is 5.32 Å². The van der Waals surface area contributed by atoms with Crippen LogP contribution in [0.2, 0.25) is 0 Å². The zero-order chi connectivity index (χ0) is 13.7. The average molecular weight is 277 g/mol. The second-order valence-corrected chi connectivity index (χ2v) is 4.69. The van der Waals surface area contributed by atoms with Crippen LogP contribution in [0.3, 0.4) is 0 Å². The van der Waals surface area contributed by atoms with Crippen molar-refractivity contribution in [1.82, 2.24) is 5.32 Å². The van der Waals surface area contributed by atoms with Gasteiger partial charge in [-0.1, -0.05) is 0 Å². The summed E-state index contributed by atoms with van der Waals surface area (Å²) in [5.41, 5.74) is 0. The summed E-state index contributed by atoms with van der Waals surface area (Å²) in [7, 11) is 0. The minimum absolute atomic E-state index is 0.1000. The molecular weight excluding hydrogens is 266 g/mol. The summed E-state index contributed by atoms with van der Waals surface area (Å²) < 4.78 is 4.87. The van der Waals surface area contributed by atoms with Crippen molar-refractivity contribution in [1.29, 1.82) is 0 Å². The quantitative estimate of drug-likeness (QED) is 0.836. The van der Waals surface area contributed by atoms with Gasteiger partial charge in [-0.15, -0.1) is 11.8 Å². The van der Waals surface area contributed by atoms with Crippen LogP contribution in [0.5, 0.6) is 5.75 Å². The van der Waals surface area contributed by atoms with Crippen molar-refractivity contribution >= 4 is 23.6 Å². The Kier molecular flexibility index (Phi) is 4.25. The van der Waals surface area contributed by atoms with Crippen LogP contribution in [0, 0.1) is 0 Å². The number of phenols is 1. The SMILES string of the molecule is O=C(CSc1ccc(O)cc1)NC(=O)c1ccco1. The fourth-order valence-electron chi connectivity index (χ4n) is 1.32. The van der Waals surface area contributed by atoms with E-state index in [0.717, 1.165) is 4.90 Å². The van der Waals surface area contributed by atoms with E-state index in [1.165, 1.54) is 36.2 Å². The molecule has 98 valence electrons. The minimum atomic E-state index is -0.554. The van der Waals surface area contributed by atoms with E-state index in [9.17, 15) is 9.59 Å². The Morgan fingerprint density at radius 2 is 1.95 bits per heavy atom. The van der Waals surface area contributed by atoms with Gasteiger partial charge >= 0.3 is 0 Å². The molecule has 0 bridgehead atoms. The molecule has 2 aromatic rings. The van der Waals surface area contributed by atoms with Crippen molar-refractivity contribution in [2.75, 3.05) is 5.75 Å². The zero-order valence-corrected chi connectivity index (χ0v) is 10.6.